The molecule has 0 fully saturated rings. The van der Waals surface area contributed by atoms with Gasteiger partial charge in [-0.05, 0) is 87.3 Å². The van der Waals surface area contributed by atoms with E-state index in [1.54, 1.807) is 0 Å². The number of aromatic nitrogens is 3. The van der Waals surface area contributed by atoms with Gasteiger partial charge in [0.25, 0.3) is 0 Å². The van der Waals surface area contributed by atoms with Crippen LogP contribution < -0.4 is 0 Å². The normalized spacial score (nSPS) is 11.8. The van der Waals surface area contributed by atoms with E-state index in [0.717, 1.165) is 77.9 Å². The highest BCUT2D eigenvalue weighted by Gasteiger charge is 2.20. The molecule has 270 valence electrons. The van der Waals surface area contributed by atoms with E-state index in [9.17, 15) is 0 Å². The van der Waals surface area contributed by atoms with Crippen LogP contribution in [0.5, 0.6) is 0 Å². The second-order valence-corrected chi connectivity index (χ2v) is 14.9. The minimum absolute atomic E-state index is 0.637. The van der Waals surface area contributed by atoms with Crippen LogP contribution in [0, 0.1) is 0 Å². The van der Waals surface area contributed by atoms with Crippen LogP contribution in [-0.4, -0.2) is 14.5 Å². The third kappa shape index (κ3) is 5.09. The highest BCUT2D eigenvalue weighted by molar-refractivity contribution is 6.14. The van der Waals surface area contributed by atoms with Crippen molar-refractivity contribution >= 4 is 65.3 Å². The number of furan rings is 1. The average molecular weight is 740 g/mol. The molecule has 0 N–H and O–H groups in total. The molecule has 3 heterocycles. The summed E-state index contributed by atoms with van der Waals surface area (Å²) in [5.74, 6) is 0.637. The predicted octanol–water partition coefficient (Wildman–Crippen LogP) is 14.4. The van der Waals surface area contributed by atoms with Gasteiger partial charge in [-0.2, -0.15) is 0 Å². The first-order valence-corrected chi connectivity index (χ1v) is 19.7. The number of hydrogen-bond donors (Lipinski definition) is 0. The zero-order chi connectivity index (χ0) is 38.2. The molecule has 0 saturated carbocycles. The lowest BCUT2D eigenvalue weighted by Crippen LogP contribution is -1.99. The summed E-state index contributed by atoms with van der Waals surface area (Å²) >= 11 is 0. The fourth-order valence-corrected chi connectivity index (χ4v) is 8.94. The van der Waals surface area contributed by atoms with Crippen molar-refractivity contribution in [2.45, 2.75) is 0 Å². The van der Waals surface area contributed by atoms with Crippen LogP contribution in [0.1, 0.15) is 0 Å². The van der Waals surface area contributed by atoms with Crippen molar-refractivity contribution in [3.05, 3.63) is 200 Å². The van der Waals surface area contributed by atoms with Crippen LogP contribution in [0.2, 0.25) is 0 Å². The average Bonchev–Trinajstić information content (AvgIpc) is 3.85. The monoisotopic (exact) mass is 739 g/mol. The maximum Gasteiger partial charge on any atom is 0.160 e. The van der Waals surface area contributed by atoms with Crippen LogP contribution in [0.25, 0.3) is 116 Å². The van der Waals surface area contributed by atoms with Gasteiger partial charge in [0.05, 0.1) is 22.4 Å². The van der Waals surface area contributed by atoms with Crippen LogP contribution in [0.3, 0.4) is 0 Å². The lowest BCUT2D eigenvalue weighted by Gasteiger charge is -2.16. The molecule has 0 bridgehead atoms. The molecule has 0 spiro atoms. The smallest absolute Gasteiger partial charge is 0.160 e. The number of nitrogens with zero attached hydrogens (tertiary/aromatic N) is 3. The molecule has 12 rings (SSSR count). The molecule has 0 aliphatic heterocycles. The van der Waals surface area contributed by atoms with Gasteiger partial charge in [0.15, 0.2) is 5.82 Å². The molecular weight excluding hydrogens is 707 g/mol. The Labute approximate surface area is 333 Å². The highest BCUT2D eigenvalue weighted by atomic mass is 16.3. The van der Waals surface area contributed by atoms with Crippen molar-refractivity contribution in [2.24, 2.45) is 0 Å². The number of rotatable bonds is 5. The van der Waals surface area contributed by atoms with Crippen molar-refractivity contribution < 1.29 is 4.42 Å². The van der Waals surface area contributed by atoms with Crippen LogP contribution in [-0.2, 0) is 0 Å². The van der Waals surface area contributed by atoms with Gasteiger partial charge in [0.1, 0.15) is 11.2 Å². The quantitative estimate of drug-likeness (QED) is 0.165. The number of fused-ring (bicyclic) bond motifs is 9. The first-order chi connectivity index (χ1) is 28.7. The molecule has 0 atom stereocenters. The minimum Gasteiger partial charge on any atom is -0.455 e. The van der Waals surface area contributed by atoms with Crippen LogP contribution in [0.4, 0.5) is 0 Å². The molecule has 0 unspecified atom stereocenters. The molecule has 0 saturated heterocycles. The van der Waals surface area contributed by atoms with Crippen LogP contribution in [0.15, 0.2) is 205 Å². The second-order valence-electron chi connectivity index (χ2n) is 14.9. The van der Waals surface area contributed by atoms with Gasteiger partial charge in [-0.3, -0.25) is 0 Å². The van der Waals surface area contributed by atoms with E-state index in [1.165, 1.54) is 32.3 Å². The van der Waals surface area contributed by atoms with E-state index in [-0.39, 0.29) is 0 Å². The van der Waals surface area contributed by atoms with E-state index in [1.807, 2.05) is 18.2 Å². The van der Waals surface area contributed by atoms with Gasteiger partial charge >= 0.3 is 0 Å². The van der Waals surface area contributed by atoms with Crippen molar-refractivity contribution in [3.63, 3.8) is 0 Å². The summed E-state index contributed by atoms with van der Waals surface area (Å²) in [4.78, 5) is 10.8. The summed E-state index contributed by atoms with van der Waals surface area (Å²) in [6.07, 6.45) is 0. The van der Waals surface area contributed by atoms with Crippen LogP contribution >= 0.6 is 0 Å². The largest absolute Gasteiger partial charge is 0.455 e. The predicted molar refractivity (Wildman–Crippen MR) is 240 cm³/mol. The van der Waals surface area contributed by atoms with Gasteiger partial charge in [0.2, 0.25) is 0 Å². The minimum atomic E-state index is 0.637. The zero-order valence-corrected chi connectivity index (χ0v) is 31.3. The topological polar surface area (TPSA) is 43.9 Å². The van der Waals surface area contributed by atoms with Gasteiger partial charge in [-0.1, -0.05) is 146 Å². The van der Waals surface area contributed by atoms with E-state index in [2.05, 4.69) is 187 Å². The molecule has 58 heavy (non-hydrogen) atoms. The van der Waals surface area contributed by atoms with Gasteiger partial charge in [-0.25, -0.2) is 9.97 Å². The Balaban J connectivity index is 1.17. The Hall–Kier alpha value is -7.82. The fraction of sp³-hybridized carbons (Fsp3) is 0. The second kappa shape index (κ2) is 12.9. The third-order valence-electron chi connectivity index (χ3n) is 11.6. The molecule has 3 aromatic heterocycles. The van der Waals surface area contributed by atoms with Crippen molar-refractivity contribution in [2.75, 3.05) is 0 Å². The number of hydrogen-bond acceptors (Lipinski definition) is 3. The van der Waals surface area contributed by atoms with E-state index in [4.69, 9.17) is 14.4 Å². The SMILES string of the molecule is c1ccc(-c2cc(-c3cccc4c3oc3ccccc34)nc(-c3cc(-c4cc5ccccc5c5ccccc45)cc(-n4c5ccccc5c5ccccc54)c3)n2)cc1. The molecule has 0 amide bonds. The van der Waals surface area contributed by atoms with E-state index in [0.29, 0.717) is 5.82 Å². The molecule has 0 radical (unpaired) electrons. The van der Waals surface area contributed by atoms with Crippen molar-refractivity contribution in [3.8, 4) is 50.7 Å². The Morgan fingerprint density at radius 3 is 1.76 bits per heavy atom. The van der Waals surface area contributed by atoms with Gasteiger partial charge in [0, 0.05) is 43.9 Å². The maximum absolute atomic E-state index is 6.57. The summed E-state index contributed by atoms with van der Waals surface area (Å²) in [5.41, 5.74) is 11.7. The lowest BCUT2D eigenvalue weighted by molar-refractivity contribution is 0.670. The molecule has 0 aliphatic carbocycles. The molecular formula is C54H33N3O. The molecule has 12 aromatic rings. The highest BCUT2D eigenvalue weighted by Crippen LogP contribution is 2.41. The summed E-state index contributed by atoms with van der Waals surface area (Å²) in [5, 5.41) is 9.43. The maximum atomic E-state index is 6.57. The Kier molecular flexibility index (Phi) is 7.20. The Bertz CT molecular complexity index is 3520. The summed E-state index contributed by atoms with van der Waals surface area (Å²) in [7, 11) is 0. The fourth-order valence-electron chi connectivity index (χ4n) is 8.94. The number of para-hydroxylation sites is 4. The first kappa shape index (κ1) is 32.4. The van der Waals surface area contributed by atoms with E-state index >= 15 is 0 Å². The summed E-state index contributed by atoms with van der Waals surface area (Å²) in [6.45, 7) is 0. The van der Waals surface area contributed by atoms with Crippen molar-refractivity contribution in [1.82, 2.24) is 14.5 Å². The Morgan fingerprint density at radius 2 is 0.966 bits per heavy atom. The zero-order valence-electron chi connectivity index (χ0n) is 31.3. The molecule has 9 aromatic carbocycles. The molecule has 4 nitrogen and oxygen atoms in total. The first-order valence-electron chi connectivity index (χ1n) is 19.7. The standard InChI is InChI=1S/C54H33N3O/c1-2-15-34(16-3-1)48-33-49(46-25-14-24-45-44-23-10-13-28-52(44)58-53(45)46)56-54(55-48)37-29-36(47-32-35-17-4-5-18-39(35)40-19-6-7-20-41(40)47)30-38(31-37)57-50-26-11-8-21-42(50)43-22-9-12-27-51(43)57/h1-33H. The molecule has 0 aliphatic rings. The number of benzene rings is 9. The summed E-state index contributed by atoms with van der Waals surface area (Å²) < 4.78 is 8.96. The van der Waals surface area contributed by atoms with Crippen molar-refractivity contribution in [1.29, 1.82) is 0 Å². The van der Waals surface area contributed by atoms with Gasteiger partial charge in [-0.15, -0.1) is 0 Å². The summed E-state index contributed by atoms with van der Waals surface area (Å²) in [6, 6.07) is 70.9. The third-order valence-corrected chi connectivity index (χ3v) is 11.6. The molecule has 4 heteroatoms. The lowest BCUT2D eigenvalue weighted by atomic mass is 9.92. The Morgan fingerprint density at radius 1 is 0.362 bits per heavy atom. The van der Waals surface area contributed by atoms with Gasteiger partial charge < -0.3 is 8.98 Å². The van der Waals surface area contributed by atoms with E-state index < -0.39 is 0 Å².